The molecule has 0 atom stereocenters. The van der Waals surface area contributed by atoms with Gasteiger partial charge in [-0.3, -0.25) is 0 Å². The van der Waals surface area contributed by atoms with Crippen molar-refractivity contribution in [3.63, 3.8) is 0 Å². The molecule has 2 rings (SSSR count). The summed E-state index contributed by atoms with van der Waals surface area (Å²) in [6.45, 7) is 0. The molecule has 0 radical (unpaired) electrons. The van der Waals surface area contributed by atoms with E-state index in [2.05, 4.69) is 5.32 Å². The van der Waals surface area contributed by atoms with Crippen molar-refractivity contribution in [1.29, 1.82) is 0 Å². The van der Waals surface area contributed by atoms with Gasteiger partial charge in [0.05, 0.1) is 0 Å². The molecule has 0 saturated carbocycles. The predicted octanol–water partition coefficient (Wildman–Crippen LogP) is 3.04. The van der Waals surface area contributed by atoms with Gasteiger partial charge in [0.1, 0.15) is 0 Å². The van der Waals surface area contributed by atoms with Crippen molar-refractivity contribution in [1.82, 2.24) is 0 Å². The Balaban J connectivity index is 2.30. The zero-order valence-electron chi connectivity index (χ0n) is 9.51. The van der Waals surface area contributed by atoms with Gasteiger partial charge in [-0.05, 0) is 0 Å². The van der Waals surface area contributed by atoms with Crippen molar-refractivity contribution in [2.75, 3.05) is 5.32 Å². The number of rotatable bonds is 2. The van der Waals surface area contributed by atoms with E-state index in [0.717, 1.165) is 6.07 Å². The molecule has 1 amide bonds. The van der Waals surface area contributed by atoms with E-state index in [4.69, 9.17) is 11.6 Å². The van der Waals surface area contributed by atoms with Gasteiger partial charge in [-0.25, -0.2) is 0 Å². The number of amides is 1. The van der Waals surface area contributed by atoms with Crippen LogP contribution < -0.4 is 9.18 Å². The second-order valence-corrected chi connectivity index (χ2v) is 4.91. The minimum atomic E-state index is -0.791. The fourth-order valence-electron chi connectivity index (χ4n) is 1.48. The number of nitrogens with one attached hydrogen (secondary N) is 1. The fourth-order valence-corrected chi connectivity index (χ4v) is 2.05. The van der Waals surface area contributed by atoms with Crippen LogP contribution in [0.15, 0.2) is 36.4 Å². The normalized spacial score (nSPS) is 10.2. The first-order valence-electron chi connectivity index (χ1n) is 5.26. The maximum atomic E-state index is 13.8. The van der Waals surface area contributed by atoms with E-state index in [-0.39, 0.29) is 20.1 Å². The molecule has 0 unspecified atom stereocenters. The summed E-state index contributed by atoms with van der Waals surface area (Å²) < 4.78 is 26.7. The van der Waals surface area contributed by atoms with Crippen molar-refractivity contribution in [2.24, 2.45) is 0 Å². The molecule has 95 valence electrons. The van der Waals surface area contributed by atoms with E-state index >= 15 is 0 Å². The van der Waals surface area contributed by atoms with Gasteiger partial charge in [0.2, 0.25) is 0 Å². The van der Waals surface area contributed by atoms with Crippen molar-refractivity contribution in [3.05, 3.63) is 58.6 Å². The van der Waals surface area contributed by atoms with Gasteiger partial charge >= 0.3 is 125 Å². The zero-order valence-corrected chi connectivity index (χ0v) is 11.8. The second kappa shape index (κ2) is 5.82. The topological polar surface area (TPSA) is 29.1 Å². The molecule has 0 saturated heterocycles. The van der Waals surface area contributed by atoms with Crippen LogP contribution in [0.2, 0.25) is 5.02 Å². The molecule has 0 aliphatic carbocycles. The molecule has 0 heterocycles. The van der Waals surface area contributed by atoms with Crippen LogP contribution in [0.1, 0.15) is 10.4 Å². The van der Waals surface area contributed by atoms with Crippen LogP contribution in [-0.2, 0) is 20.4 Å². The van der Waals surface area contributed by atoms with Gasteiger partial charge in [-0.15, -0.1) is 0 Å². The quantitative estimate of drug-likeness (QED) is 0.848. The van der Waals surface area contributed by atoms with Crippen LogP contribution >= 0.6 is 11.6 Å². The second-order valence-electron chi connectivity index (χ2n) is 3.72. The number of anilines is 1. The number of benzene rings is 2. The van der Waals surface area contributed by atoms with Gasteiger partial charge in [-0.1, -0.05) is 0 Å². The molecule has 2 aromatic carbocycles. The molecule has 0 aromatic heterocycles. The van der Waals surface area contributed by atoms with Gasteiger partial charge < -0.3 is 0 Å². The Bertz CT molecular complexity index is 649. The molecule has 0 fully saturated rings. The van der Waals surface area contributed by atoms with E-state index in [0.29, 0.717) is 0 Å². The SMILES string of the molecule is O=C(Nc1ccc(F)[c]([Ti])c1F)c1ccccc1Cl. The Morgan fingerprint density at radius 1 is 1.16 bits per heavy atom. The van der Waals surface area contributed by atoms with Crippen molar-refractivity contribution in [2.45, 2.75) is 0 Å². The summed E-state index contributed by atoms with van der Waals surface area (Å²) in [5, 5.41) is 2.63. The molecule has 1 N–H and O–H groups in total. The van der Waals surface area contributed by atoms with Crippen LogP contribution in [0, 0.1) is 11.6 Å². The molecular weight excluding hydrogens is 307 g/mol. The Kier molecular flexibility index (Phi) is 4.35. The molecule has 19 heavy (non-hydrogen) atoms. The van der Waals surface area contributed by atoms with Gasteiger partial charge in [-0.2, -0.15) is 0 Å². The third kappa shape index (κ3) is 3.03. The standard InChI is InChI=1S/C13H7ClF2NO.Ti/c14-10-4-2-1-3-9(10)13(18)17-12-6-5-8(15)7-11(12)16;/h1-6H,(H,17,18);. The molecule has 0 aliphatic rings. The summed E-state index contributed by atoms with van der Waals surface area (Å²) in [6.07, 6.45) is 0. The van der Waals surface area contributed by atoms with Crippen LogP contribution in [0.25, 0.3) is 0 Å². The third-order valence-electron chi connectivity index (χ3n) is 2.46. The fraction of sp³-hybridized carbons (Fsp3) is 0. The Morgan fingerprint density at radius 2 is 1.84 bits per heavy atom. The number of hydrogen-bond donors (Lipinski definition) is 1. The van der Waals surface area contributed by atoms with E-state index < -0.39 is 17.5 Å². The third-order valence-corrected chi connectivity index (χ3v) is 3.50. The first-order chi connectivity index (χ1) is 9.00. The van der Waals surface area contributed by atoms with Crippen molar-refractivity contribution in [3.8, 4) is 0 Å². The molecular formula is C13H7ClF2NOTi. The van der Waals surface area contributed by atoms with Gasteiger partial charge in [0.15, 0.2) is 0 Å². The van der Waals surface area contributed by atoms with Crippen LogP contribution in [0.5, 0.6) is 0 Å². The van der Waals surface area contributed by atoms with Crippen molar-refractivity contribution < 1.29 is 34.0 Å². The summed E-state index contributed by atoms with van der Waals surface area (Å²) in [6, 6.07) is 8.68. The Hall–Kier alpha value is -1.23. The molecule has 2 nitrogen and oxygen atoms in total. The van der Waals surface area contributed by atoms with E-state index in [9.17, 15) is 13.6 Å². The summed E-state index contributed by atoms with van der Waals surface area (Å²) in [4.78, 5) is 11.9. The Morgan fingerprint density at radius 3 is 2.53 bits per heavy atom. The van der Waals surface area contributed by atoms with E-state index in [1.165, 1.54) is 32.6 Å². The minimum absolute atomic E-state index is 0.0798. The molecule has 0 spiro atoms. The predicted molar refractivity (Wildman–Crippen MR) is 65.4 cm³/mol. The molecule has 6 heteroatoms. The average Bonchev–Trinajstić information content (AvgIpc) is 2.40. The zero-order chi connectivity index (χ0) is 14.0. The number of carbonyl (C=O) groups excluding carboxylic acids is 1. The first kappa shape index (κ1) is 14.2. The molecule has 2 aromatic rings. The summed E-state index contributed by atoms with van der Waals surface area (Å²) in [7, 11) is 0. The summed E-state index contributed by atoms with van der Waals surface area (Å²) in [5.41, 5.74) is 0.148. The summed E-state index contributed by atoms with van der Waals surface area (Å²) in [5.74, 6) is -2.00. The Labute approximate surface area is 125 Å². The average molecular weight is 315 g/mol. The molecule has 0 aliphatic heterocycles. The number of carbonyl (C=O) groups is 1. The van der Waals surface area contributed by atoms with Crippen LogP contribution in [-0.4, -0.2) is 5.91 Å². The summed E-state index contributed by atoms with van der Waals surface area (Å²) >= 11 is 7.17. The monoisotopic (exact) mass is 314 g/mol. The first-order valence-corrected chi connectivity index (χ1v) is 6.42. The van der Waals surface area contributed by atoms with Gasteiger partial charge in [0, 0.05) is 0 Å². The van der Waals surface area contributed by atoms with Crippen LogP contribution in [0.3, 0.4) is 0 Å². The maximum absolute atomic E-state index is 13.8. The van der Waals surface area contributed by atoms with Crippen molar-refractivity contribution >= 4 is 27.1 Å². The molecule has 0 bridgehead atoms. The van der Waals surface area contributed by atoms with Gasteiger partial charge in [0.25, 0.3) is 0 Å². The van der Waals surface area contributed by atoms with E-state index in [1.54, 1.807) is 18.2 Å². The number of hydrogen-bond acceptors (Lipinski definition) is 1. The van der Waals surface area contributed by atoms with Crippen LogP contribution in [0.4, 0.5) is 14.5 Å². The van der Waals surface area contributed by atoms with E-state index in [1.807, 2.05) is 0 Å². The number of halogens is 3.